The maximum atomic E-state index is 11.5. The van der Waals surface area contributed by atoms with Gasteiger partial charge in [-0.25, -0.2) is 4.79 Å². The second-order valence-electron chi connectivity index (χ2n) is 3.51. The Kier molecular flexibility index (Phi) is 3.66. The summed E-state index contributed by atoms with van der Waals surface area (Å²) in [4.78, 5) is 11.5. The predicted molar refractivity (Wildman–Crippen MR) is 61.1 cm³/mol. The lowest BCUT2D eigenvalue weighted by molar-refractivity contribution is 0.0600. The van der Waals surface area contributed by atoms with Crippen molar-refractivity contribution in [3.8, 4) is 0 Å². The van der Waals surface area contributed by atoms with Crippen molar-refractivity contribution in [2.24, 2.45) is 0 Å². The van der Waals surface area contributed by atoms with Crippen LogP contribution in [0.5, 0.6) is 0 Å². The van der Waals surface area contributed by atoms with Gasteiger partial charge < -0.3 is 9.47 Å². The van der Waals surface area contributed by atoms with Crippen molar-refractivity contribution in [2.75, 3.05) is 14.2 Å². The van der Waals surface area contributed by atoms with Gasteiger partial charge in [-0.3, -0.25) is 5.41 Å². The van der Waals surface area contributed by atoms with E-state index in [0.29, 0.717) is 11.1 Å². The largest absolute Gasteiger partial charge is 0.481 e. The van der Waals surface area contributed by atoms with Crippen LogP contribution in [0, 0.1) is 19.3 Å². The SMILES string of the molecule is COC(=N)c1cc(C(=O)OC)c(C)cc1C. The van der Waals surface area contributed by atoms with E-state index >= 15 is 0 Å². The van der Waals surface area contributed by atoms with Gasteiger partial charge in [-0.15, -0.1) is 0 Å². The molecule has 0 saturated carbocycles. The molecule has 4 heteroatoms. The highest BCUT2D eigenvalue weighted by molar-refractivity contribution is 5.98. The zero-order valence-electron chi connectivity index (χ0n) is 9.88. The number of esters is 1. The molecule has 0 radical (unpaired) electrons. The van der Waals surface area contributed by atoms with E-state index < -0.39 is 5.97 Å². The van der Waals surface area contributed by atoms with Crippen LogP contribution in [0.15, 0.2) is 12.1 Å². The number of carbonyl (C=O) groups excluding carboxylic acids is 1. The maximum absolute atomic E-state index is 11.5. The number of benzene rings is 1. The van der Waals surface area contributed by atoms with Crippen molar-refractivity contribution in [3.63, 3.8) is 0 Å². The van der Waals surface area contributed by atoms with Gasteiger partial charge in [0.25, 0.3) is 0 Å². The lowest BCUT2D eigenvalue weighted by Gasteiger charge is -2.10. The zero-order chi connectivity index (χ0) is 12.3. The van der Waals surface area contributed by atoms with Gasteiger partial charge in [0.15, 0.2) is 0 Å². The molecule has 0 heterocycles. The van der Waals surface area contributed by atoms with Crippen LogP contribution in [0.4, 0.5) is 0 Å². The van der Waals surface area contributed by atoms with Crippen molar-refractivity contribution in [3.05, 3.63) is 34.4 Å². The van der Waals surface area contributed by atoms with E-state index in [1.807, 2.05) is 19.9 Å². The summed E-state index contributed by atoms with van der Waals surface area (Å²) in [6.45, 7) is 3.70. The van der Waals surface area contributed by atoms with Gasteiger partial charge in [0.05, 0.1) is 19.8 Å². The molecule has 0 bridgehead atoms. The number of methoxy groups -OCH3 is 2. The van der Waals surface area contributed by atoms with E-state index in [-0.39, 0.29) is 5.90 Å². The Bertz CT molecular complexity index is 401. The number of ether oxygens (including phenoxy) is 2. The first-order valence-corrected chi connectivity index (χ1v) is 4.83. The summed E-state index contributed by atoms with van der Waals surface area (Å²) in [5, 5.41) is 7.61. The molecule has 0 amide bonds. The summed E-state index contributed by atoms with van der Waals surface area (Å²) in [6, 6.07) is 3.47. The molecule has 1 aromatic carbocycles. The topological polar surface area (TPSA) is 59.4 Å². The zero-order valence-corrected chi connectivity index (χ0v) is 9.88. The quantitative estimate of drug-likeness (QED) is 0.472. The molecule has 0 atom stereocenters. The summed E-state index contributed by atoms with van der Waals surface area (Å²) in [7, 11) is 2.77. The third kappa shape index (κ3) is 2.21. The summed E-state index contributed by atoms with van der Waals surface area (Å²) >= 11 is 0. The van der Waals surface area contributed by atoms with Crippen molar-refractivity contribution in [1.29, 1.82) is 5.41 Å². The highest BCUT2D eigenvalue weighted by Gasteiger charge is 2.14. The fraction of sp³-hybridized carbons (Fsp3) is 0.333. The first-order valence-electron chi connectivity index (χ1n) is 4.83. The lowest BCUT2D eigenvalue weighted by Crippen LogP contribution is -2.10. The number of nitrogens with one attached hydrogen (secondary N) is 1. The predicted octanol–water partition coefficient (Wildman–Crippen LogP) is 2.06. The maximum Gasteiger partial charge on any atom is 0.338 e. The van der Waals surface area contributed by atoms with E-state index in [9.17, 15) is 4.79 Å². The minimum Gasteiger partial charge on any atom is -0.481 e. The standard InChI is InChI=1S/C12H15NO3/c1-7-5-8(2)10(12(14)16-4)6-9(7)11(13)15-3/h5-6,13H,1-4H3. The molecule has 0 spiro atoms. The average molecular weight is 221 g/mol. The van der Waals surface area contributed by atoms with Crippen molar-refractivity contribution < 1.29 is 14.3 Å². The second-order valence-corrected chi connectivity index (χ2v) is 3.51. The van der Waals surface area contributed by atoms with Gasteiger partial charge in [0.2, 0.25) is 5.90 Å². The van der Waals surface area contributed by atoms with E-state index in [4.69, 9.17) is 10.1 Å². The number of hydrogen-bond donors (Lipinski definition) is 1. The Hall–Kier alpha value is -1.84. The van der Waals surface area contributed by atoms with Crippen LogP contribution in [0.2, 0.25) is 0 Å². The first-order chi connectivity index (χ1) is 7.51. The Labute approximate surface area is 94.7 Å². The van der Waals surface area contributed by atoms with Crippen molar-refractivity contribution in [2.45, 2.75) is 13.8 Å². The fourth-order valence-corrected chi connectivity index (χ4v) is 1.54. The molecule has 0 saturated heterocycles. The van der Waals surface area contributed by atoms with Crippen LogP contribution in [0.1, 0.15) is 27.0 Å². The van der Waals surface area contributed by atoms with Crippen LogP contribution in [0.25, 0.3) is 0 Å². The highest BCUT2D eigenvalue weighted by Crippen LogP contribution is 2.17. The van der Waals surface area contributed by atoms with Crippen LogP contribution in [-0.4, -0.2) is 26.1 Å². The molecule has 16 heavy (non-hydrogen) atoms. The van der Waals surface area contributed by atoms with Gasteiger partial charge >= 0.3 is 5.97 Å². The molecule has 0 aromatic heterocycles. The third-order valence-corrected chi connectivity index (χ3v) is 2.43. The average Bonchev–Trinajstić information content (AvgIpc) is 2.27. The monoisotopic (exact) mass is 221 g/mol. The van der Waals surface area contributed by atoms with Crippen LogP contribution in [-0.2, 0) is 9.47 Å². The summed E-state index contributed by atoms with van der Waals surface area (Å²) in [5.74, 6) is -0.356. The molecule has 86 valence electrons. The molecule has 0 aliphatic carbocycles. The molecular formula is C12H15NO3. The number of aryl methyl sites for hydroxylation is 2. The molecule has 0 aliphatic heterocycles. The van der Waals surface area contributed by atoms with E-state index in [2.05, 4.69) is 4.74 Å². The van der Waals surface area contributed by atoms with Gasteiger partial charge in [-0.05, 0) is 31.0 Å². The minimum atomic E-state index is -0.400. The van der Waals surface area contributed by atoms with E-state index in [1.165, 1.54) is 14.2 Å². The molecule has 0 aliphatic rings. The van der Waals surface area contributed by atoms with Gasteiger partial charge in [0.1, 0.15) is 0 Å². The second kappa shape index (κ2) is 4.79. The minimum absolute atomic E-state index is 0.0441. The molecule has 0 fully saturated rings. The Morgan fingerprint density at radius 2 is 1.62 bits per heavy atom. The van der Waals surface area contributed by atoms with Gasteiger partial charge in [0, 0.05) is 5.56 Å². The van der Waals surface area contributed by atoms with Crippen LogP contribution in [0.3, 0.4) is 0 Å². The van der Waals surface area contributed by atoms with E-state index in [1.54, 1.807) is 6.07 Å². The highest BCUT2D eigenvalue weighted by atomic mass is 16.5. The molecule has 0 unspecified atom stereocenters. The molecule has 4 nitrogen and oxygen atoms in total. The summed E-state index contributed by atoms with van der Waals surface area (Å²) < 4.78 is 9.53. The molecular weight excluding hydrogens is 206 g/mol. The van der Waals surface area contributed by atoms with Crippen LogP contribution >= 0.6 is 0 Å². The Morgan fingerprint density at radius 1 is 1.06 bits per heavy atom. The van der Waals surface area contributed by atoms with Gasteiger partial charge in [-0.1, -0.05) is 6.07 Å². The number of carbonyl (C=O) groups is 1. The lowest BCUT2D eigenvalue weighted by atomic mass is 10.00. The van der Waals surface area contributed by atoms with Crippen molar-refractivity contribution in [1.82, 2.24) is 0 Å². The molecule has 1 rings (SSSR count). The van der Waals surface area contributed by atoms with Crippen molar-refractivity contribution >= 4 is 11.9 Å². The summed E-state index contributed by atoms with van der Waals surface area (Å²) in [6.07, 6.45) is 0. The Balaban J connectivity index is 3.32. The van der Waals surface area contributed by atoms with E-state index in [0.717, 1.165) is 11.1 Å². The first kappa shape index (κ1) is 12.2. The number of rotatable bonds is 2. The summed E-state index contributed by atoms with van der Waals surface area (Å²) in [5.41, 5.74) is 2.80. The Morgan fingerprint density at radius 3 is 2.12 bits per heavy atom. The van der Waals surface area contributed by atoms with Crippen LogP contribution < -0.4 is 0 Å². The third-order valence-electron chi connectivity index (χ3n) is 2.43. The fourth-order valence-electron chi connectivity index (χ4n) is 1.54. The molecule has 1 N–H and O–H groups in total. The van der Waals surface area contributed by atoms with Gasteiger partial charge in [-0.2, -0.15) is 0 Å². The smallest absolute Gasteiger partial charge is 0.338 e. The molecule has 1 aromatic rings. The number of hydrogen-bond acceptors (Lipinski definition) is 4. The normalized spacial score (nSPS) is 9.75.